The molecular formula is C3H5BCa. The van der Waals surface area contributed by atoms with Gasteiger partial charge < -0.3 is 0 Å². The second-order valence-electron chi connectivity index (χ2n) is 1.05. The molecule has 0 saturated heterocycles. The summed E-state index contributed by atoms with van der Waals surface area (Å²) < 4.78 is 0. The molecule has 5 heavy (non-hydrogen) atoms. The van der Waals surface area contributed by atoms with E-state index in [1.165, 1.54) is 12.7 Å². The fourth-order valence-corrected chi connectivity index (χ4v) is 0.167. The minimum absolute atomic E-state index is 0. The van der Waals surface area contributed by atoms with E-state index in [1.54, 1.807) is 0 Å². The van der Waals surface area contributed by atoms with Crippen molar-refractivity contribution < 1.29 is 0 Å². The standard InChI is InChI=1S/C3H5B.Ca/c1-2-4-3-1;/h2H,1,3H2;. The minimum atomic E-state index is 0. The predicted molar refractivity (Wildman–Crippen MR) is 27.0 cm³/mol. The molecule has 1 aliphatic heterocycles. The van der Waals surface area contributed by atoms with Gasteiger partial charge >= 0.3 is 25.6 Å². The van der Waals surface area contributed by atoms with Crippen molar-refractivity contribution in [3.63, 3.8) is 0 Å². The average molecular weight is 92.0 g/mol. The molecular weight excluding hydrogens is 86.9 g/mol. The van der Waals surface area contributed by atoms with Crippen molar-refractivity contribution in [3.05, 3.63) is 0 Å². The van der Waals surface area contributed by atoms with Gasteiger partial charge in [0.2, 0.25) is 0 Å². The molecule has 0 aromatic heterocycles. The third-order valence-corrected chi connectivity index (χ3v) is 0.667. The van der Waals surface area contributed by atoms with E-state index < -0.39 is 0 Å². The van der Waals surface area contributed by atoms with E-state index in [-0.39, 0.29) is 37.7 Å². The summed E-state index contributed by atoms with van der Waals surface area (Å²) in [5.74, 6) is 2.18. The van der Waals surface area contributed by atoms with Crippen molar-refractivity contribution >= 4 is 50.6 Å². The molecule has 0 N–H and O–H groups in total. The Bertz CT molecular complexity index is 36.2. The van der Waals surface area contributed by atoms with Gasteiger partial charge in [-0.15, -0.1) is 0 Å². The van der Waals surface area contributed by atoms with Crippen LogP contribution in [0.15, 0.2) is 0 Å². The molecule has 0 saturated carbocycles. The van der Waals surface area contributed by atoms with Crippen molar-refractivity contribution in [1.82, 2.24) is 0 Å². The molecule has 0 atom stereocenters. The van der Waals surface area contributed by atoms with Gasteiger partial charge in [0.1, 0.15) is 0 Å². The molecule has 0 nitrogen and oxygen atoms in total. The third kappa shape index (κ3) is 1.96. The van der Waals surface area contributed by atoms with E-state index in [9.17, 15) is 0 Å². The van der Waals surface area contributed by atoms with Crippen LogP contribution in [0.3, 0.4) is 0 Å². The van der Waals surface area contributed by atoms with E-state index in [2.05, 4.69) is 12.9 Å². The molecule has 2 heteroatoms. The summed E-state index contributed by atoms with van der Waals surface area (Å²) >= 11 is 0. The van der Waals surface area contributed by atoms with Gasteiger partial charge in [0.25, 0.3) is 0 Å². The monoisotopic (exact) mass is 92.0 g/mol. The molecule has 0 amide bonds. The van der Waals surface area contributed by atoms with E-state index in [1.807, 2.05) is 0 Å². The molecule has 1 aliphatic rings. The van der Waals surface area contributed by atoms with Crippen LogP contribution in [0.5, 0.6) is 0 Å². The first-order valence-electron chi connectivity index (χ1n) is 1.65. The molecule has 0 unspecified atom stereocenters. The van der Waals surface area contributed by atoms with E-state index in [0.717, 1.165) is 0 Å². The van der Waals surface area contributed by atoms with Gasteiger partial charge in [-0.3, -0.25) is 0 Å². The third-order valence-electron chi connectivity index (χ3n) is 0.667. The van der Waals surface area contributed by atoms with Crippen molar-refractivity contribution in [2.24, 2.45) is 0 Å². The average Bonchev–Trinajstić information content (AvgIpc) is 0.722. The first-order chi connectivity index (χ1) is 2.00. The fourth-order valence-electron chi connectivity index (χ4n) is 0.167. The van der Waals surface area contributed by atoms with Crippen LogP contribution in [0.4, 0.5) is 0 Å². The fraction of sp³-hybridized carbons (Fsp3) is 0.667. The zero-order valence-corrected chi connectivity index (χ0v) is 5.48. The Labute approximate surface area is 62.9 Å². The number of hydrogen-bond donors (Lipinski definition) is 0. The van der Waals surface area contributed by atoms with Crippen molar-refractivity contribution in [1.29, 1.82) is 0 Å². The van der Waals surface area contributed by atoms with Crippen molar-refractivity contribution in [2.45, 2.75) is 12.7 Å². The smallest absolute Gasteiger partial charge is 0 e. The Morgan fingerprint density at radius 3 is 1.80 bits per heavy atom. The summed E-state index contributed by atoms with van der Waals surface area (Å²) in [5.41, 5.74) is 0. The molecule has 1 heterocycles. The summed E-state index contributed by atoms with van der Waals surface area (Å²) in [5, 5.41) is 0. The maximum atomic E-state index is 2.18. The number of rotatable bonds is 0. The molecule has 0 fully saturated rings. The first kappa shape index (κ1) is 6.19. The van der Waals surface area contributed by atoms with E-state index in [0.29, 0.717) is 0 Å². The minimum Gasteiger partial charge on any atom is 0 e. The van der Waals surface area contributed by atoms with Crippen LogP contribution in [-0.4, -0.2) is 50.6 Å². The normalized spacial score (nSPS) is 14.4. The molecule has 2 radical (unpaired) electrons. The van der Waals surface area contributed by atoms with Crippen LogP contribution in [0, 0.1) is 0 Å². The quantitative estimate of drug-likeness (QED) is 0.367. The molecule has 1 rings (SSSR count). The van der Waals surface area contributed by atoms with Gasteiger partial charge in [-0.25, -0.2) is 0 Å². The molecule has 0 aromatic rings. The summed E-state index contributed by atoms with van der Waals surface area (Å²) in [7, 11) is 0. The molecule has 0 spiro atoms. The largest absolute Gasteiger partial charge is 0 e. The van der Waals surface area contributed by atoms with Crippen LogP contribution in [-0.2, 0) is 0 Å². The first-order valence-corrected chi connectivity index (χ1v) is 1.65. The van der Waals surface area contributed by atoms with Gasteiger partial charge in [0.05, 0.1) is 0 Å². The van der Waals surface area contributed by atoms with Gasteiger partial charge in [0, 0.05) is 37.7 Å². The molecule has 0 aromatic carbocycles. The molecule has 0 bridgehead atoms. The van der Waals surface area contributed by atoms with Gasteiger partial charge in [0.15, 0.2) is 0 Å². The second-order valence-corrected chi connectivity index (χ2v) is 1.05. The SMILES string of the molecule is B1=CCC1.[Ca]. The van der Waals surface area contributed by atoms with Crippen molar-refractivity contribution in [2.75, 3.05) is 0 Å². The van der Waals surface area contributed by atoms with Gasteiger partial charge in [-0.2, -0.15) is 0 Å². The van der Waals surface area contributed by atoms with Crippen LogP contribution in [0.1, 0.15) is 6.42 Å². The van der Waals surface area contributed by atoms with Gasteiger partial charge in [-0.1, -0.05) is 0 Å². The summed E-state index contributed by atoms with van der Waals surface area (Å²) in [6.45, 7) is 2.18. The Hall–Kier alpha value is 1.19. The van der Waals surface area contributed by atoms with E-state index in [4.69, 9.17) is 0 Å². The topological polar surface area (TPSA) is 0 Å². The van der Waals surface area contributed by atoms with Crippen LogP contribution >= 0.6 is 0 Å². The van der Waals surface area contributed by atoms with E-state index >= 15 is 0 Å². The Morgan fingerprint density at radius 2 is 1.80 bits per heavy atom. The van der Waals surface area contributed by atoms with Crippen LogP contribution in [0.2, 0.25) is 6.32 Å². The van der Waals surface area contributed by atoms with Crippen LogP contribution < -0.4 is 0 Å². The Morgan fingerprint density at radius 1 is 1.60 bits per heavy atom. The number of hydrogen-bond acceptors (Lipinski definition) is 0. The summed E-state index contributed by atoms with van der Waals surface area (Å²) in [4.78, 5) is 0. The zero-order chi connectivity index (χ0) is 2.83. The van der Waals surface area contributed by atoms with Gasteiger partial charge in [-0.05, 0) is 0 Å². The predicted octanol–water partition coefficient (Wildman–Crippen LogP) is -0.0660. The molecule has 0 aliphatic carbocycles. The van der Waals surface area contributed by atoms with Crippen molar-refractivity contribution in [3.8, 4) is 0 Å². The summed E-state index contributed by atoms with van der Waals surface area (Å²) in [6, 6.07) is 0. The second kappa shape index (κ2) is 3.39. The zero-order valence-electron chi connectivity index (χ0n) is 3.28. The van der Waals surface area contributed by atoms with Crippen LogP contribution in [0.25, 0.3) is 0 Å². The maximum Gasteiger partial charge on any atom is 0 e. The molecule has 22 valence electrons. The Kier molecular flexibility index (Phi) is 4.20. The Balaban J connectivity index is 0.000000160. The maximum absolute atomic E-state index is 2.18. The summed E-state index contributed by atoms with van der Waals surface area (Å²) in [6.07, 6.45) is 2.64.